The first-order valence-corrected chi connectivity index (χ1v) is 10.3. The number of nitrogens with one attached hydrogen (secondary N) is 1. The zero-order chi connectivity index (χ0) is 22.0. The summed E-state index contributed by atoms with van der Waals surface area (Å²) in [4.78, 5) is 20.0. The van der Waals surface area contributed by atoms with Crippen LogP contribution in [0.5, 0.6) is 11.5 Å². The molecule has 31 heavy (non-hydrogen) atoms. The van der Waals surface area contributed by atoms with E-state index in [0.29, 0.717) is 18.7 Å². The highest BCUT2D eigenvalue weighted by atomic mass is 16.5. The average molecular weight is 418 g/mol. The van der Waals surface area contributed by atoms with Crippen molar-refractivity contribution in [2.24, 2.45) is 0 Å². The monoisotopic (exact) mass is 417 g/mol. The molecule has 0 bridgehead atoms. The minimum absolute atomic E-state index is 0.119. The number of fused-ring (bicyclic) bond motifs is 2. The Hall–Kier alpha value is -3.54. The van der Waals surface area contributed by atoms with Crippen molar-refractivity contribution in [3.63, 3.8) is 0 Å². The van der Waals surface area contributed by atoms with Crippen molar-refractivity contribution < 1.29 is 14.3 Å². The van der Waals surface area contributed by atoms with Crippen LogP contribution in [0, 0.1) is 0 Å². The van der Waals surface area contributed by atoms with E-state index in [-0.39, 0.29) is 5.91 Å². The summed E-state index contributed by atoms with van der Waals surface area (Å²) in [5.41, 5.74) is 4.75. The molecule has 0 saturated carbocycles. The first kappa shape index (κ1) is 20.7. The molecule has 3 aromatic rings. The van der Waals surface area contributed by atoms with Crippen molar-refractivity contribution in [3.8, 4) is 11.5 Å². The lowest BCUT2D eigenvalue weighted by molar-refractivity contribution is 0.0958. The number of amides is 1. The summed E-state index contributed by atoms with van der Waals surface area (Å²) in [5.74, 6) is 2.13. The van der Waals surface area contributed by atoms with Crippen LogP contribution in [-0.4, -0.2) is 38.2 Å². The van der Waals surface area contributed by atoms with Gasteiger partial charge in [-0.2, -0.15) is 0 Å². The molecule has 1 aromatic heterocycles. The van der Waals surface area contributed by atoms with Crippen LogP contribution < -0.4 is 19.7 Å². The Morgan fingerprint density at radius 2 is 1.84 bits per heavy atom. The maximum Gasteiger partial charge on any atom is 0.252 e. The number of ether oxygens (including phenoxy) is 2. The van der Waals surface area contributed by atoms with Gasteiger partial charge in [-0.1, -0.05) is 30.4 Å². The maximum atomic E-state index is 12.9. The van der Waals surface area contributed by atoms with Crippen molar-refractivity contribution >= 4 is 22.6 Å². The van der Waals surface area contributed by atoms with Crippen LogP contribution in [0.25, 0.3) is 10.9 Å². The molecule has 0 aliphatic carbocycles. The Morgan fingerprint density at radius 1 is 1.13 bits per heavy atom. The van der Waals surface area contributed by atoms with Gasteiger partial charge in [0.15, 0.2) is 11.5 Å². The van der Waals surface area contributed by atoms with Gasteiger partial charge in [-0.25, -0.2) is 4.98 Å². The van der Waals surface area contributed by atoms with E-state index in [9.17, 15) is 4.79 Å². The van der Waals surface area contributed by atoms with Gasteiger partial charge in [-0.05, 0) is 48.7 Å². The highest BCUT2D eigenvalue weighted by molar-refractivity contribution is 6.07. The summed E-state index contributed by atoms with van der Waals surface area (Å²) in [6.07, 6.45) is 0.862. The molecule has 4 rings (SSSR count). The third kappa shape index (κ3) is 4.19. The first-order chi connectivity index (χ1) is 15.0. The highest BCUT2D eigenvalue weighted by Gasteiger charge is 2.22. The summed E-state index contributed by atoms with van der Waals surface area (Å²) in [6, 6.07) is 13.7. The minimum atomic E-state index is -0.119. The summed E-state index contributed by atoms with van der Waals surface area (Å²) in [7, 11) is 3.30. The lowest BCUT2D eigenvalue weighted by atomic mass is 9.98. The Kier molecular flexibility index (Phi) is 5.80. The van der Waals surface area contributed by atoms with Crippen LogP contribution in [-0.2, 0) is 13.0 Å². The fourth-order valence-corrected chi connectivity index (χ4v) is 3.92. The van der Waals surface area contributed by atoms with Crippen LogP contribution in [0.2, 0.25) is 0 Å². The number of rotatable bonds is 6. The van der Waals surface area contributed by atoms with Crippen LogP contribution >= 0.6 is 0 Å². The molecular weight excluding hydrogens is 390 g/mol. The molecule has 0 saturated heterocycles. The first-order valence-electron chi connectivity index (χ1n) is 10.3. The molecule has 0 atom stereocenters. The van der Waals surface area contributed by atoms with E-state index >= 15 is 0 Å². The number of nitrogens with zero attached hydrogens (tertiary/aromatic N) is 2. The van der Waals surface area contributed by atoms with Gasteiger partial charge in [0, 0.05) is 25.0 Å². The SMILES string of the molecule is C=C(C)CNC(=O)c1cc(N2CCc3cc(OC)c(OC)cc3C2)nc2ccccc12. The maximum absolute atomic E-state index is 12.9. The number of hydrogen-bond acceptors (Lipinski definition) is 5. The fraction of sp³-hybridized carbons (Fsp3) is 0.280. The number of carbonyl (C=O) groups is 1. The Morgan fingerprint density at radius 3 is 2.55 bits per heavy atom. The molecule has 2 heterocycles. The molecule has 0 spiro atoms. The Balaban J connectivity index is 1.70. The van der Waals surface area contributed by atoms with Gasteiger partial charge < -0.3 is 19.7 Å². The normalized spacial score (nSPS) is 12.9. The van der Waals surface area contributed by atoms with Crippen LogP contribution in [0.15, 0.2) is 54.6 Å². The number of hydrogen-bond donors (Lipinski definition) is 1. The van der Waals surface area contributed by atoms with Gasteiger partial charge in [-0.3, -0.25) is 4.79 Å². The van der Waals surface area contributed by atoms with Crippen molar-refractivity contribution in [1.29, 1.82) is 0 Å². The van der Waals surface area contributed by atoms with E-state index in [1.165, 1.54) is 11.1 Å². The molecule has 6 nitrogen and oxygen atoms in total. The summed E-state index contributed by atoms with van der Waals surface area (Å²) >= 11 is 0. The molecular formula is C25H27N3O3. The Labute approximate surface area is 182 Å². The standard InChI is InChI=1S/C25H27N3O3/c1-16(2)14-26-25(29)20-13-24(27-21-8-6-5-7-19(20)21)28-10-9-17-11-22(30-3)23(31-4)12-18(17)15-28/h5-8,11-13H,1,9-10,14-15H2,2-4H3,(H,26,29). The molecule has 1 aliphatic rings. The van der Waals surface area contributed by atoms with Gasteiger partial charge in [0.2, 0.25) is 0 Å². The number of pyridine rings is 1. The van der Waals surface area contributed by atoms with Gasteiger partial charge in [-0.15, -0.1) is 0 Å². The van der Waals surface area contributed by atoms with Crippen LogP contribution in [0.1, 0.15) is 28.4 Å². The van der Waals surface area contributed by atoms with Crippen molar-refractivity contribution in [3.05, 3.63) is 71.3 Å². The van der Waals surface area contributed by atoms with Crippen molar-refractivity contribution in [1.82, 2.24) is 10.3 Å². The Bertz CT molecular complexity index is 1160. The van der Waals surface area contributed by atoms with Crippen LogP contribution in [0.4, 0.5) is 5.82 Å². The van der Waals surface area contributed by atoms with Gasteiger partial charge >= 0.3 is 0 Å². The van der Waals surface area contributed by atoms with E-state index in [0.717, 1.165) is 46.8 Å². The number of benzene rings is 2. The van der Waals surface area contributed by atoms with Gasteiger partial charge in [0.1, 0.15) is 5.82 Å². The highest BCUT2D eigenvalue weighted by Crippen LogP contribution is 2.34. The predicted molar refractivity (Wildman–Crippen MR) is 123 cm³/mol. The van der Waals surface area contributed by atoms with Crippen molar-refractivity contribution in [2.75, 3.05) is 32.2 Å². The van der Waals surface area contributed by atoms with E-state index in [2.05, 4.69) is 22.9 Å². The van der Waals surface area contributed by atoms with Crippen molar-refractivity contribution in [2.45, 2.75) is 19.9 Å². The number of anilines is 1. The van der Waals surface area contributed by atoms with E-state index < -0.39 is 0 Å². The predicted octanol–water partition coefficient (Wildman–Crippen LogP) is 4.12. The molecule has 160 valence electrons. The quantitative estimate of drug-likeness (QED) is 0.611. The second kappa shape index (κ2) is 8.68. The zero-order valence-electron chi connectivity index (χ0n) is 18.2. The van der Waals surface area contributed by atoms with Crippen LogP contribution in [0.3, 0.4) is 0 Å². The number of para-hydroxylation sites is 1. The average Bonchev–Trinajstić information content (AvgIpc) is 2.80. The molecule has 1 N–H and O–H groups in total. The van der Waals surface area contributed by atoms with Gasteiger partial charge in [0.25, 0.3) is 5.91 Å². The van der Waals surface area contributed by atoms with E-state index in [1.807, 2.05) is 43.3 Å². The molecule has 1 aliphatic heterocycles. The zero-order valence-corrected chi connectivity index (χ0v) is 18.2. The van der Waals surface area contributed by atoms with E-state index in [1.54, 1.807) is 14.2 Å². The topological polar surface area (TPSA) is 63.7 Å². The summed E-state index contributed by atoms with van der Waals surface area (Å²) in [5, 5.41) is 3.79. The summed E-state index contributed by atoms with van der Waals surface area (Å²) < 4.78 is 10.9. The fourth-order valence-electron chi connectivity index (χ4n) is 3.92. The minimum Gasteiger partial charge on any atom is -0.493 e. The largest absolute Gasteiger partial charge is 0.493 e. The second-order valence-corrected chi connectivity index (χ2v) is 7.83. The molecule has 0 radical (unpaired) electrons. The molecule has 2 aromatic carbocycles. The third-order valence-electron chi connectivity index (χ3n) is 5.54. The molecule has 0 fully saturated rings. The third-order valence-corrected chi connectivity index (χ3v) is 5.54. The summed E-state index contributed by atoms with van der Waals surface area (Å²) in [6.45, 7) is 7.70. The second-order valence-electron chi connectivity index (χ2n) is 7.83. The lowest BCUT2D eigenvalue weighted by Gasteiger charge is -2.31. The number of methoxy groups -OCH3 is 2. The number of aromatic nitrogens is 1. The lowest BCUT2D eigenvalue weighted by Crippen LogP contribution is -2.32. The molecule has 1 amide bonds. The smallest absolute Gasteiger partial charge is 0.252 e. The molecule has 6 heteroatoms. The number of carbonyl (C=O) groups excluding carboxylic acids is 1. The van der Waals surface area contributed by atoms with E-state index in [4.69, 9.17) is 14.5 Å². The molecule has 0 unspecified atom stereocenters. The van der Waals surface area contributed by atoms with Gasteiger partial charge in [0.05, 0.1) is 25.3 Å².